The van der Waals surface area contributed by atoms with E-state index < -0.39 is 30.0 Å². The first-order valence-corrected chi connectivity index (χ1v) is 10.1. The minimum Gasteiger partial charge on any atom is -0.456 e. The second-order valence-electron chi connectivity index (χ2n) is 7.30. The second-order valence-corrected chi connectivity index (χ2v) is 7.30. The SMILES string of the molecule is CC(=O)Oc1ccc(C[C@@H](OC(C)=O)C(=O)OCc2nc(C)c(C)nc2C)cc1OC(C)=O. The van der Waals surface area contributed by atoms with Crippen molar-refractivity contribution in [3.05, 3.63) is 46.5 Å². The van der Waals surface area contributed by atoms with Crippen LogP contribution in [0.1, 0.15) is 49.1 Å². The fraction of sp³-hybridized carbons (Fsp3) is 0.391. The predicted molar refractivity (Wildman–Crippen MR) is 114 cm³/mol. The van der Waals surface area contributed by atoms with Crippen LogP contribution in [0.2, 0.25) is 0 Å². The molecule has 0 radical (unpaired) electrons. The van der Waals surface area contributed by atoms with Gasteiger partial charge in [0.05, 0.1) is 22.8 Å². The largest absolute Gasteiger partial charge is 0.456 e. The zero-order valence-electron chi connectivity index (χ0n) is 19.4. The monoisotopic (exact) mass is 458 g/mol. The lowest BCUT2D eigenvalue weighted by Gasteiger charge is -2.17. The third-order valence-electron chi connectivity index (χ3n) is 4.44. The number of aryl methyl sites for hydroxylation is 3. The van der Waals surface area contributed by atoms with Crippen molar-refractivity contribution in [2.45, 2.75) is 60.7 Å². The Labute approximate surface area is 191 Å². The molecule has 0 spiro atoms. The number of aromatic nitrogens is 2. The van der Waals surface area contributed by atoms with Crippen LogP contribution in [-0.4, -0.2) is 39.9 Å². The molecule has 33 heavy (non-hydrogen) atoms. The Morgan fingerprint density at radius 1 is 0.818 bits per heavy atom. The molecule has 176 valence electrons. The molecule has 1 aromatic carbocycles. The number of hydrogen-bond acceptors (Lipinski definition) is 10. The van der Waals surface area contributed by atoms with Gasteiger partial charge in [0.25, 0.3) is 0 Å². The molecule has 0 amide bonds. The molecular weight excluding hydrogens is 432 g/mol. The first kappa shape index (κ1) is 25.4. The Kier molecular flexibility index (Phi) is 8.61. The van der Waals surface area contributed by atoms with Crippen LogP contribution < -0.4 is 9.47 Å². The van der Waals surface area contributed by atoms with Gasteiger partial charge >= 0.3 is 23.9 Å². The van der Waals surface area contributed by atoms with E-state index >= 15 is 0 Å². The van der Waals surface area contributed by atoms with Crippen molar-refractivity contribution in [1.82, 2.24) is 9.97 Å². The molecule has 0 aliphatic carbocycles. The molecule has 1 heterocycles. The summed E-state index contributed by atoms with van der Waals surface area (Å²) < 4.78 is 20.6. The van der Waals surface area contributed by atoms with Gasteiger partial charge in [0.2, 0.25) is 6.10 Å². The van der Waals surface area contributed by atoms with Gasteiger partial charge in [-0.25, -0.2) is 4.79 Å². The average Bonchev–Trinajstić information content (AvgIpc) is 2.69. The molecular formula is C23H26N2O8. The molecule has 0 bridgehead atoms. The maximum absolute atomic E-state index is 12.7. The molecule has 2 rings (SSSR count). The normalized spacial score (nSPS) is 11.3. The first-order chi connectivity index (χ1) is 15.5. The van der Waals surface area contributed by atoms with E-state index in [9.17, 15) is 19.2 Å². The molecule has 10 nitrogen and oxygen atoms in total. The Morgan fingerprint density at radius 3 is 2.03 bits per heavy atom. The Bertz CT molecular complexity index is 1080. The van der Waals surface area contributed by atoms with E-state index in [2.05, 4.69) is 9.97 Å². The van der Waals surface area contributed by atoms with E-state index in [1.807, 2.05) is 6.92 Å². The maximum atomic E-state index is 12.7. The summed E-state index contributed by atoms with van der Waals surface area (Å²) in [5, 5.41) is 0. The smallest absolute Gasteiger partial charge is 0.348 e. The highest BCUT2D eigenvalue weighted by Gasteiger charge is 2.25. The summed E-state index contributed by atoms with van der Waals surface area (Å²) in [5.41, 5.74) is 3.10. The summed E-state index contributed by atoms with van der Waals surface area (Å²) in [7, 11) is 0. The lowest BCUT2D eigenvalue weighted by molar-refractivity contribution is -0.167. The van der Waals surface area contributed by atoms with E-state index in [1.165, 1.54) is 32.9 Å². The molecule has 0 saturated heterocycles. The van der Waals surface area contributed by atoms with Gasteiger partial charge in [0.15, 0.2) is 11.5 Å². The summed E-state index contributed by atoms with van der Waals surface area (Å²) in [6, 6.07) is 4.38. The predicted octanol–water partition coefficient (Wildman–Crippen LogP) is 2.47. The van der Waals surface area contributed by atoms with Gasteiger partial charge in [-0.05, 0) is 38.5 Å². The minimum atomic E-state index is -1.26. The molecule has 0 fully saturated rings. The minimum absolute atomic E-state index is 0.00817. The van der Waals surface area contributed by atoms with Crippen LogP contribution in [0.15, 0.2) is 18.2 Å². The molecule has 10 heteroatoms. The Morgan fingerprint density at radius 2 is 1.42 bits per heavy atom. The summed E-state index contributed by atoms with van der Waals surface area (Å²) in [5.74, 6) is -2.63. The van der Waals surface area contributed by atoms with Crippen LogP contribution in [0.5, 0.6) is 11.5 Å². The Balaban J connectivity index is 2.21. The van der Waals surface area contributed by atoms with Crippen molar-refractivity contribution >= 4 is 23.9 Å². The number of rotatable bonds is 8. The van der Waals surface area contributed by atoms with Gasteiger partial charge in [-0.2, -0.15) is 0 Å². The molecule has 0 N–H and O–H groups in total. The summed E-state index contributed by atoms with van der Waals surface area (Å²) >= 11 is 0. The maximum Gasteiger partial charge on any atom is 0.348 e. The third-order valence-corrected chi connectivity index (χ3v) is 4.44. The van der Waals surface area contributed by atoms with Crippen LogP contribution in [-0.2, 0) is 41.7 Å². The zero-order valence-corrected chi connectivity index (χ0v) is 19.4. The van der Waals surface area contributed by atoms with Gasteiger partial charge in [-0.3, -0.25) is 24.4 Å². The van der Waals surface area contributed by atoms with Crippen LogP contribution in [0.4, 0.5) is 0 Å². The Hall–Kier alpha value is -3.82. The standard InChI is InChI=1S/C23H26N2O8/c1-12-13(2)25-19(14(3)24-12)11-30-23(29)22(33-17(6)28)10-18-7-8-20(31-15(4)26)21(9-18)32-16(5)27/h7-9,22H,10-11H2,1-6H3/t22-/m1/s1. The van der Waals surface area contributed by atoms with E-state index in [-0.39, 0.29) is 24.5 Å². The molecule has 2 aromatic rings. The molecule has 0 saturated carbocycles. The van der Waals surface area contributed by atoms with Gasteiger partial charge in [-0.15, -0.1) is 0 Å². The van der Waals surface area contributed by atoms with Crippen LogP contribution >= 0.6 is 0 Å². The van der Waals surface area contributed by atoms with Crippen molar-refractivity contribution in [1.29, 1.82) is 0 Å². The highest BCUT2D eigenvalue weighted by Crippen LogP contribution is 2.29. The molecule has 0 aliphatic heterocycles. The molecule has 0 aliphatic rings. The van der Waals surface area contributed by atoms with Gasteiger partial charge < -0.3 is 18.9 Å². The van der Waals surface area contributed by atoms with Crippen molar-refractivity contribution in [2.75, 3.05) is 0 Å². The van der Waals surface area contributed by atoms with Crippen LogP contribution in [0.3, 0.4) is 0 Å². The summed E-state index contributed by atoms with van der Waals surface area (Å²) in [4.78, 5) is 55.7. The highest BCUT2D eigenvalue weighted by atomic mass is 16.6. The second kappa shape index (κ2) is 11.2. The number of benzene rings is 1. The average molecular weight is 458 g/mol. The van der Waals surface area contributed by atoms with E-state index in [1.54, 1.807) is 19.9 Å². The fourth-order valence-corrected chi connectivity index (χ4v) is 2.87. The van der Waals surface area contributed by atoms with Crippen molar-refractivity contribution in [2.24, 2.45) is 0 Å². The van der Waals surface area contributed by atoms with E-state index in [0.29, 0.717) is 22.6 Å². The number of carbonyl (C=O) groups is 4. The van der Waals surface area contributed by atoms with E-state index in [0.717, 1.165) is 5.69 Å². The van der Waals surface area contributed by atoms with Gasteiger partial charge in [0.1, 0.15) is 6.61 Å². The lowest BCUT2D eigenvalue weighted by Crippen LogP contribution is -2.30. The van der Waals surface area contributed by atoms with Crippen molar-refractivity contribution in [3.8, 4) is 11.5 Å². The van der Waals surface area contributed by atoms with Crippen molar-refractivity contribution in [3.63, 3.8) is 0 Å². The van der Waals surface area contributed by atoms with Crippen LogP contribution in [0, 0.1) is 20.8 Å². The molecule has 1 atom stereocenters. The van der Waals surface area contributed by atoms with Gasteiger partial charge in [0, 0.05) is 27.2 Å². The fourth-order valence-electron chi connectivity index (χ4n) is 2.87. The summed E-state index contributed by atoms with van der Waals surface area (Å²) in [6.07, 6.45) is -1.32. The number of nitrogens with zero attached hydrogens (tertiary/aromatic N) is 2. The first-order valence-electron chi connectivity index (χ1n) is 10.1. The topological polar surface area (TPSA) is 131 Å². The van der Waals surface area contributed by atoms with Gasteiger partial charge in [-0.1, -0.05) is 6.07 Å². The molecule has 1 aromatic heterocycles. The quantitative estimate of drug-likeness (QED) is 0.429. The molecule has 0 unspecified atom stereocenters. The number of hydrogen-bond donors (Lipinski definition) is 0. The highest BCUT2D eigenvalue weighted by molar-refractivity contribution is 5.79. The van der Waals surface area contributed by atoms with E-state index in [4.69, 9.17) is 18.9 Å². The number of ether oxygens (including phenoxy) is 4. The summed E-state index contributed by atoms with van der Waals surface area (Å²) in [6.45, 7) is 8.83. The lowest BCUT2D eigenvalue weighted by atomic mass is 10.1. The number of esters is 4. The zero-order chi connectivity index (χ0) is 24.7. The van der Waals surface area contributed by atoms with Crippen LogP contribution in [0.25, 0.3) is 0 Å². The van der Waals surface area contributed by atoms with Crippen molar-refractivity contribution < 1.29 is 38.1 Å². The third kappa shape index (κ3) is 7.67. The number of carbonyl (C=O) groups excluding carboxylic acids is 4.